The predicted octanol–water partition coefficient (Wildman–Crippen LogP) is -0.0180. The second-order valence-corrected chi connectivity index (χ2v) is 5.55. The van der Waals surface area contributed by atoms with Gasteiger partial charge >= 0.3 is 5.97 Å². The van der Waals surface area contributed by atoms with Gasteiger partial charge in [0.2, 0.25) is 5.91 Å². The van der Waals surface area contributed by atoms with Crippen LogP contribution in [0.1, 0.15) is 25.7 Å². The van der Waals surface area contributed by atoms with Crippen molar-refractivity contribution in [1.82, 2.24) is 10.6 Å². The zero-order chi connectivity index (χ0) is 13.9. The highest BCUT2D eigenvalue weighted by molar-refractivity contribution is 5.87. The maximum atomic E-state index is 12.1. The first-order valence-corrected chi connectivity index (χ1v) is 6.82. The molecule has 2 atom stereocenters. The molecule has 6 nitrogen and oxygen atoms in total. The van der Waals surface area contributed by atoms with Gasteiger partial charge in [-0.05, 0) is 37.8 Å². The van der Waals surface area contributed by atoms with Crippen molar-refractivity contribution in [2.45, 2.75) is 31.7 Å². The van der Waals surface area contributed by atoms with Gasteiger partial charge < -0.3 is 20.5 Å². The van der Waals surface area contributed by atoms with Gasteiger partial charge in [0.05, 0.1) is 0 Å². The van der Waals surface area contributed by atoms with Crippen molar-refractivity contribution in [2.24, 2.45) is 11.3 Å². The Kier molecular flexibility index (Phi) is 4.42. The van der Waals surface area contributed by atoms with Gasteiger partial charge in [-0.15, -0.1) is 0 Å². The lowest BCUT2D eigenvalue weighted by Crippen LogP contribution is -2.43. The van der Waals surface area contributed by atoms with Crippen LogP contribution in [-0.4, -0.2) is 49.8 Å². The smallest absolute Gasteiger partial charge is 0.326 e. The van der Waals surface area contributed by atoms with E-state index in [2.05, 4.69) is 10.6 Å². The number of methoxy groups -OCH3 is 1. The molecule has 2 fully saturated rings. The topological polar surface area (TPSA) is 87.7 Å². The van der Waals surface area contributed by atoms with Gasteiger partial charge in [-0.3, -0.25) is 4.79 Å². The zero-order valence-electron chi connectivity index (χ0n) is 11.3. The summed E-state index contributed by atoms with van der Waals surface area (Å²) in [5, 5.41) is 15.0. The van der Waals surface area contributed by atoms with Crippen molar-refractivity contribution >= 4 is 11.9 Å². The average molecular weight is 270 g/mol. The quantitative estimate of drug-likeness (QED) is 0.631. The molecule has 0 aromatic carbocycles. The summed E-state index contributed by atoms with van der Waals surface area (Å²) >= 11 is 0. The first-order valence-electron chi connectivity index (χ1n) is 6.82. The van der Waals surface area contributed by atoms with Crippen molar-refractivity contribution in [3.05, 3.63) is 0 Å². The minimum Gasteiger partial charge on any atom is -0.480 e. The lowest BCUT2D eigenvalue weighted by Gasteiger charge is -2.23. The number of piperidine rings is 1. The Hall–Kier alpha value is -1.14. The predicted molar refractivity (Wildman–Crippen MR) is 68.7 cm³/mol. The molecule has 3 N–H and O–H groups in total. The van der Waals surface area contributed by atoms with Gasteiger partial charge in [0, 0.05) is 26.1 Å². The molecule has 1 aliphatic heterocycles. The summed E-state index contributed by atoms with van der Waals surface area (Å²) < 4.78 is 4.87. The third kappa shape index (κ3) is 3.25. The number of hydrogen-bond acceptors (Lipinski definition) is 4. The summed E-state index contributed by atoms with van der Waals surface area (Å²) in [4.78, 5) is 23.2. The summed E-state index contributed by atoms with van der Waals surface area (Å²) in [5.74, 6) is -1.10. The van der Waals surface area contributed by atoms with E-state index >= 15 is 0 Å². The maximum absolute atomic E-state index is 12.1. The van der Waals surface area contributed by atoms with Gasteiger partial charge in [-0.25, -0.2) is 4.79 Å². The minimum atomic E-state index is -0.995. The summed E-state index contributed by atoms with van der Waals surface area (Å²) in [6, 6.07) is -0.841. The molecule has 0 aromatic heterocycles. The van der Waals surface area contributed by atoms with Gasteiger partial charge in [-0.1, -0.05) is 0 Å². The molecule has 0 bridgehead atoms. The van der Waals surface area contributed by atoms with Crippen molar-refractivity contribution in [3.8, 4) is 0 Å². The van der Waals surface area contributed by atoms with E-state index in [0.29, 0.717) is 13.0 Å². The van der Waals surface area contributed by atoms with E-state index in [1.807, 2.05) is 0 Å². The largest absolute Gasteiger partial charge is 0.480 e. The second-order valence-electron chi connectivity index (χ2n) is 5.55. The van der Waals surface area contributed by atoms with E-state index < -0.39 is 12.0 Å². The number of amides is 1. The van der Waals surface area contributed by atoms with Gasteiger partial charge in [-0.2, -0.15) is 0 Å². The molecular weight excluding hydrogens is 248 g/mol. The van der Waals surface area contributed by atoms with Crippen LogP contribution in [-0.2, 0) is 14.3 Å². The second kappa shape index (κ2) is 5.88. The minimum absolute atomic E-state index is 0.000931. The molecule has 1 spiro atoms. The van der Waals surface area contributed by atoms with Crippen molar-refractivity contribution < 1.29 is 19.4 Å². The molecule has 1 saturated heterocycles. The standard InChI is InChI=1S/C13H22N2O4/c1-19-7-2-10(12(17)18)15-11(16)9-8-13(9)3-5-14-6-4-13/h9-10,14H,2-8H2,1H3,(H,15,16)(H,17,18). The number of carbonyl (C=O) groups excluding carboxylic acids is 1. The van der Waals surface area contributed by atoms with Crippen LogP contribution < -0.4 is 10.6 Å². The number of aliphatic carboxylic acids is 1. The summed E-state index contributed by atoms with van der Waals surface area (Å²) in [6.07, 6.45) is 3.23. The third-order valence-corrected chi connectivity index (χ3v) is 4.33. The molecular formula is C13H22N2O4. The average Bonchev–Trinajstić information content (AvgIpc) is 3.08. The molecule has 2 aliphatic rings. The van der Waals surface area contributed by atoms with E-state index in [4.69, 9.17) is 9.84 Å². The molecule has 2 unspecified atom stereocenters. The highest BCUT2D eigenvalue weighted by Gasteiger charge is 2.57. The van der Waals surface area contributed by atoms with Gasteiger partial charge in [0.15, 0.2) is 0 Å². The van der Waals surface area contributed by atoms with Gasteiger partial charge in [0.1, 0.15) is 6.04 Å². The van der Waals surface area contributed by atoms with Crippen LogP contribution in [0.4, 0.5) is 0 Å². The summed E-state index contributed by atoms with van der Waals surface area (Å²) in [6.45, 7) is 2.24. The van der Waals surface area contributed by atoms with Crippen LogP contribution in [0, 0.1) is 11.3 Å². The molecule has 108 valence electrons. The number of carboxylic acids is 1. The highest BCUT2D eigenvalue weighted by atomic mass is 16.5. The summed E-state index contributed by atoms with van der Waals surface area (Å²) in [5.41, 5.74) is 0.139. The van der Waals surface area contributed by atoms with Crippen LogP contribution in [0.5, 0.6) is 0 Å². The Morgan fingerprint density at radius 3 is 2.74 bits per heavy atom. The maximum Gasteiger partial charge on any atom is 0.326 e. The van der Waals surface area contributed by atoms with E-state index in [9.17, 15) is 9.59 Å². The number of carboxylic acid groups (broad SMARTS) is 1. The first kappa shape index (κ1) is 14.3. The number of hydrogen-bond donors (Lipinski definition) is 3. The van der Waals surface area contributed by atoms with E-state index in [0.717, 1.165) is 32.4 Å². The summed E-state index contributed by atoms with van der Waals surface area (Å²) in [7, 11) is 1.52. The lowest BCUT2D eigenvalue weighted by atomic mass is 9.91. The Morgan fingerprint density at radius 1 is 1.47 bits per heavy atom. The molecule has 0 aromatic rings. The van der Waals surface area contributed by atoms with E-state index in [1.54, 1.807) is 0 Å². The van der Waals surface area contributed by atoms with Crippen molar-refractivity contribution in [3.63, 3.8) is 0 Å². The van der Waals surface area contributed by atoms with Crippen molar-refractivity contribution in [1.29, 1.82) is 0 Å². The zero-order valence-corrected chi connectivity index (χ0v) is 11.3. The van der Waals surface area contributed by atoms with Gasteiger partial charge in [0.25, 0.3) is 0 Å². The SMILES string of the molecule is COCCC(NC(=O)C1CC12CCNCC2)C(=O)O. The molecule has 1 aliphatic carbocycles. The molecule has 1 amide bonds. The Morgan fingerprint density at radius 2 is 2.16 bits per heavy atom. The molecule has 2 rings (SSSR count). The molecule has 1 heterocycles. The van der Waals surface area contributed by atoms with Crippen LogP contribution >= 0.6 is 0 Å². The number of nitrogens with one attached hydrogen (secondary N) is 2. The Balaban J connectivity index is 1.84. The van der Waals surface area contributed by atoms with Crippen LogP contribution in [0.25, 0.3) is 0 Å². The van der Waals surface area contributed by atoms with Crippen LogP contribution in [0.3, 0.4) is 0 Å². The molecule has 19 heavy (non-hydrogen) atoms. The number of rotatable bonds is 6. The normalized spacial score (nSPS) is 25.8. The third-order valence-electron chi connectivity index (χ3n) is 4.33. The van der Waals surface area contributed by atoms with Crippen LogP contribution in [0.2, 0.25) is 0 Å². The van der Waals surface area contributed by atoms with E-state index in [-0.39, 0.29) is 17.2 Å². The fraction of sp³-hybridized carbons (Fsp3) is 0.846. The number of carbonyl (C=O) groups is 2. The molecule has 1 saturated carbocycles. The van der Waals surface area contributed by atoms with Crippen LogP contribution in [0.15, 0.2) is 0 Å². The number of ether oxygens (including phenoxy) is 1. The fourth-order valence-electron chi connectivity index (χ4n) is 2.96. The Bertz CT molecular complexity index is 353. The van der Waals surface area contributed by atoms with Crippen molar-refractivity contribution in [2.75, 3.05) is 26.8 Å². The lowest BCUT2D eigenvalue weighted by molar-refractivity contribution is -0.142. The monoisotopic (exact) mass is 270 g/mol. The Labute approximate surface area is 112 Å². The highest BCUT2D eigenvalue weighted by Crippen LogP contribution is 2.58. The van der Waals surface area contributed by atoms with E-state index in [1.165, 1.54) is 7.11 Å². The first-order chi connectivity index (χ1) is 9.09. The fourth-order valence-corrected chi connectivity index (χ4v) is 2.96. The molecule has 6 heteroatoms. The molecule has 0 radical (unpaired) electrons.